The summed E-state index contributed by atoms with van der Waals surface area (Å²) in [6.45, 7) is 17.7. The van der Waals surface area contributed by atoms with Gasteiger partial charge in [-0.15, -0.1) is 0 Å². The molecule has 2 aromatic heterocycles. The molecular weight excluding hydrogens is 344 g/mol. The van der Waals surface area contributed by atoms with Crippen molar-refractivity contribution in [3.63, 3.8) is 0 Å². The smallest absolute Gasteiger partial charge is 0.128 e. The van der Waals surface area contributed by atoms with E-state index in [0.29, 0.717) is 23.7 Å². The molecule has 0 amide bonds. The fraction of sp³-hybridized carbons (Fsp3) is 0.667. The van der Waals surface area contributed by atoms with Crippen LogP contribution >= 0.6 is 0 Å². The Morgan fingerprint density at radius 1 is 0.607 bits per heavy atom. The molecule has 4 nitrogen and oxygen atoms in total. The van der Waals surface area contributed by atoms with Crippen LogP contribution in [0.25, 0.3) is 0 Å². The molecule has 0 unspecified atom stereocenters. The predicted octanol–water partition coefficient (Wildman–Crippen LogP) is 5.75. The molecule has 0 fully saturated rings. The normalized spacial score (nSPS) is 11.3. The van der Waals surface area contributed by atoms with Crippen molar-refractivity contribution in [3.8, 4) is 0 Å². The van der Waals surface area contributed by atoms with Gasteiger partial charge < -0.3 is 0 Å². The Hall–Kier alpha value is -1.84. The van der Waals surface area contributed by atoms with Crippen LogP contribution in [-0.4, -0.2) is 19.9 Å². The van der Waals surface area contributed by atoms with E-state index >= 15 is 0 Å². The lowest BCUT2D eigenvalue weighted by Gasteiger charge is -2.07. The molecular formula is C24H40N4. The molecule has 2 heterocycles. The van der Waals surface area contributed by atoms with Crippen LogP contribution in [-0.2, 0) is 25.7 Å². The van der Waals surface area contributed by atoms with Gasteiger partial charge in [0.1, 0.15) is 12.2 Å². The van der Waals surface area contributed by atoms with Crippen LogP contribution in [0, 0.1) is 23.7 Å². The molecule has 0 atom stereocenters. The maximum Gasteiger partial charge on any atom is 0.128 e. The molecule has 0 aliphatic heterocycles. The summed E-state index contributed by atoms with van der Waals surface area (Å²) in [6.07, 6.45) is 7.69. The van der Waals surface area contributed by atoms with Crippen molar-refractivity contribution in [1.82, 2.24) is 19.9 Å². The summed E-state index contributed by atoms with van der Waals surface area (Å²) in [7, 11) is 0. The second kappa shape index (κ2) is 12.6. The lowest BCUT2D eigenvalue weighted by Crippen LogP contribution is -2.04. The van der Waals surface area contributed by atoms with Crippen LogP contribution in [0.4, 0.5) is 0 Å². The van der Waals surface area contributed by atoms with Crippen LogP contribution < -0.4 is 0 Å². The van der Waals surface area contributed by atoms with Crippen LogP contribution in [0.15, 0.2) is 24.7 Å². The Balaban J connectivity index is 0.000000280. The number of nitrogens with zero attached hydrogens (tertiary/aromatic N) is 4. The summed E-state index contributed by atoms with van der Waals surface area (Å²) >= 11 is 0. The molecule has 0 saturated heterocycles. The third-order valence-electron chi connectivity index (χ3n) is 3.99. The zero-order valence-corrected chi connectivity index (χ0v) is 19.2. The standard InChI is InChI=1S/2C12H20N2/c1-9(2)5-11-7-12(6-10(3)4)14-8-13-11;1-9(2)7-11-5-6-13-12(14-11)8-10(3)4/h7-10H,5-6H2,1-4H3;5-6,9-10H,7-8H2,1-4H3. The third kappa shape index (κ3) is 11.1. The van der Waals surface area contributed by atoms with E-state index in [1.54, 1.807) is 6.33 Å². The molecule has 0 aliphatic carbocycles. The van der Waals surface area contributed by atoms with E-state index in [4.69, 9.17) is 0 Å². The van der Waals surface area contributed by atoms with E-state index in [2.05, 4.69) is 81.4 Å². The molecule has 28 heavy (non-hydrogen) atoms. The summed E-state index contributed by atoms with van der Waals surface area (Å²) in [4.78, 5) is 17.4. The minimum atomic E-state index is 0.629. The van der Waals surface area contributed by atoms with Gasteiger partial charge in [0.15, 0.2) is 0 Å². The lowest BCUT2D eigenvalue weighted by atomic mass is 10.0. The quantitative estimate of drug-likeness (QED) is 0.581. The lowest BCUT2D eigenvalue weighted by molar-refractivity contribution is 0.600. The summed E-state index contributed by atoms with van der Waals surface area (Å²) in [5.74, 6) is 3.60. The number of hydrogen-bond donors (Lipinski definition) is 0. The zero-order valence-electron chi connectivity index (χ0n) is 19.2. The summed E-state index contributed by atoms with van der Waals surface area (Å²) in [6, 6.07) is 4.16. The largest absolute Gasteiger partial charge is 0.241 e. The summed E-state index contributed by atoms with van der Waals surface area (Å²) in [5, 5.41) is 0. The van der Waals surface area contributed by atoms with E-state index < -0.39 is 0 Å². The molecule has 156 valence electrons. The predicted molar refractivity (Wildman–Crippen MR) is 118 cm³/mol. The minimum Gasteiger partial charge on any atom is -0.241 e. The molecule has 0 radical (unpaired) electrons. The van der Waals surface area contributed by atoms with Gasteiger partial charge in [0, 0.05) is 29.7 Å². The second-order valence-corrected chi connectivity index (χ2v) is 9.36. The van der Waals surface area contributed by atoms with Crippen molar-refractivity contribution >= 4 is 0 Å². The highest BCUT2D eigenvalue weighted by Crippen LogP contribution is 2.09. The van der Waals surface area contributed by atoms with Crippen molar-refractivity contribution in [2.24, 2.45) is 23.7 Å². The Bertz CT molecular complexity index is 568. The highest BCUT2D eigenvalue weighted by Gasteiger charge is 2.04. The van der Waals surface area contributed by atoms with Gasteiger partial charge in [-0.2, -0.15) is 0 Å². The van der Waals surface area contributed by atoms with Gasteiger partial charge in [-0.3, -0.25) is 0 Å². The maximum atomic E-state index is 4.54. The molecule has 2 rings (SSSR count). The molecule has 0 N–H and O–H groups in total. The highest BCUT2D eigenvalue weighted by molar-refractivity contribution is 5.09. The zero-order chi connectivity index (χ0) is 21.1. The van der Waals surface area contributed by atoms with E-state index in [1.165, 1.54) is 17.1 Å². The molecule has 0 aromatic carbocycles. The molecule has 0 saturated carbocycles. The van der Waals surface area contributed by atoms with Gasteiger partial charge in [-0.05, 0) is 55.1 Å². The number of hydrogen-bond acceptors (Lipinski definition) is 4. The van der Waals surface area contributed by atoms with Crippen LogP contribution in [0.5, 0.6) is 0 Å². The molecule has 0 bridgehead atoms. The van der Waals surface area contributed by atoms with E-state index in [0.717, 1.165) is 31.5 Å². The van der Waals surface area contributed by atoms with Crippen molar-refractivity contribution < 1.29 is 0 Å². The third-order valence-corrected chi connectivity index (χ3v) is 3.99. The minimum absolute atomic E-state index is 0.629. The Morgan fingerprint density at radius 2 is 1.07 bits per heavy atom. The van der Waals surface area contributed by atoms with Crippen molar-refractivity contribution in [1.29, 1.82) is 0 Å². The Labute approximate surface area is 172 Å². The van der Waals surface area contributed by atoms with Gasteiger partial charge in [0.05, 0.1) is 0 Å². The maximum absolute atomic E-state index is 4.54. The summed E-state index contributed by atoms with van der Waals surface area (Å²) in [5.41, 5.74) is 3.52. The van der Waals surface area contributed by atoms with Gasteiger partial charge in [0.2, 0.25) is 0 Å². The fourth-order valence-corrected chi connectivity index (χ4v) is 2.94. The first-order valence-electron chi connectivity index (χ1n) is 10.8. The fourth-order valence-electron chi connectivity index (χ4n) is 2.94. The second-order valence-electron chi connectivity index (χ2n) is 9.36. The molecule has 0 aliphatic rings. The van der Waals surface area contributed by atoms with Crippen LogP contribution in [0.1, 0.15) is 78.3 Å². The van der Waals surface area contributed by atoms with Gasteiger partial charge in [-0.25, -0.2) is 19.9 Å². The van der Waals surface area contributed by atoms with Gasteiger partial charge >= 0.3 is 0 Å². The van der Waals surface area contributed by atoms with Crippen molar-refractivity contribution in [3.05, 3.63) is 47.6 Å². The van der Waals surface area contributed by atoms with Gasteiger partial charge in [-0.1, -0.05) is 55.4 Å². The number of rotatable bonds is 8. The Morgan fingerprint density at radius 3 is 1.54 bits per heavy atom. The SMILES string of the molecule is CC(C)Cc1cc(CC(C)C)ncn1.CC(C)Cc1ccnc(CC(C)C)n1. The first-order chi connectivity index (χ1) is 13.2. The first-order valence-corrected chi connectivity index (χ1v) is 10.8. The highest BCUT2D eigenvalue weighted by atomic mass is 14.9. The van der Waals surface area contributed by atoms with Crippen molar-refractivity contribution in [2.75, 3.05) is 0 Å². The van der Waals surface area contributed by atoms with Crippen molar-refractivity contribution in [2.45, 2.75) is 81.1 Å². The van der Waals surface area contributed by atoms with E-state index in [9.17, 15) is 0 Å². The monoisotopic (exact) mass is 384 g/mol. The van der Waals surface area contributed by atoms with E-state index in [1.807, 2.05) is 12.3 Å². The number of aromatic nitrogens is 4. The summed E-state index contributed by atoms with van der Waals surface area (Å²) < 4.78 is 0. The average molecular weight is 385 g/mol. The van der Waals surface area contributed by atoms with Crippen LogP contribution in [0.3, 0.4) is 0 Å². The average Bonchev–Trinajstić information content (AvgIpc) is 2.53. The van der Waals surface area contributed by atoms with Gasteiger partial charge in [0.25, 0.3) is 0 Å². The Kier molecular flexibility index (Phi) is 10.9. The van der Waals surface area contributed by atoms with Crippen LogP contribution in [0.2, 0.25) is 0 Å². The molecule has 4 heteroatoms. The topological polar surface area (TPSA) is 51.6 Å². The van der Waals surface area contributed by atoms with E-state index in [-0.39, 0.29) is 0 Å². The first kappa shape index (κ1) is 24.2. The molecule has 2 aromatic rings. The molecule has 0 spiro atoms.